The van der Waals surface area contributed by atoms with E-state index in [-0.39, 0.29) is 5.04 Å². The fourth-order valence-electron chi connectivity index (χ4n) is 4.75. The quantitative estimate of drug-likeness (QED) is 0.327. The Balaban J connectivity index is 2.20. The molecule has 131 valence electrons. The molecule has 0 N–H and O–H groups in total. The SMILES string of the molecule is CC1=C(C)C(C)([Si](C)C)C(c2c3ccccc3cc3ccccc23)=C1C. The van der Waals surface area contributed by atoms with E-state index in [1.807, 2.05) is 0 Å². The van der Waals surface area contributed by atoms with E-state index in [1.54, 1.807) is 11.1 Å². The van der Waals surface area contributed by atoms with Gasteiger partial charge in [0, 0.05) is 5.04 Å². The topological polar surface area (TPSA) is 0 Å². The maximum absolute atomic E-state index is 2.49. The van der Waals surface area contributed by atoms with Gasteiger partial charge in [0.15, 0.2) is 0 Å². The Morgan fingerprint density at radius 3 is 1.73 bits per heavy atom. The van der Waals surface area contributed by atoms with Gasteiger partial charge in [-0.25, -0.2) is 0 Å². The lowest BCUT2D eigenvalue weighted by Crippen LogP contribution is -2.26. The van der Waals surface area contributed by atoms with Gasteiger partial charge < -0.3 is 0 Å². The van der Waals surface area contributed by atoms with Crippen LogP contribution in [0.2, 0.25) is 18.1 Å². The molecule has 3 aromatic carbocycles. The Labute approximate surface area is 158 Å². The maximum atomic E-state index is 2.49. The van der Waals surface area contributed by atoms with Gasteiger partial charge in [-0.2, -0.15) is 0 Å². The molecule has 0 nitrogen and oxygen atoms in total. The van der Waals surface area contributed by atoms with Crippen LogP contribution in [0.15, 0.2) is 71.3 Å². The van der Waals surface area contributed by atoms with Crippen LogP contribution >= 0.6 is 0 Å². The molecule has 1 radical (unpaired) electrons. The van der Waals surface area contributed by atoms with Crippen LogP contribution in [0.3, 0.4) is 0 Å². The van der Waals surface area contributed by atoms with E-state index >= 15 is 0 Å². The first-order valence-electron chi connectivity index (χ1n) is 9.48. The largest absolute Gasteiger partial charge is 0.0702 e. The summed E-state index contributed by atoms with van der Waals surface area (Å²) in [5, 5.41) is 5.63. The van der Waals surface area contributed by atoms with Gasteiger partial charge in [0.25, 0.3) is 0 Å². The highest BCUT2D eigenvalue weighted by Crippen LogP contribution is 2.60. The molecule has 0 heterocycles. The molecule has 4 rings (SSSR count). The molecule has 1 aliphatic carbocycles. The molecule has 0 aromatic heterocycles. The Morgan fingerprint density at radius 2 is 1.23 bits per heavy atom. The number of allylic oxidation sites excluding steroid dienone is 4. The highest BCUT2D eigenvalue weighted by atomic mass is 28.3. The van der Waals surface area contributed by atoms with Gasteiger partial charge in [0.1, 0.15) is 0 Å². The molecular weight excluding hydrogens is 328 g/mol. The van der Waals surface area contributed by atoms with Crippen LogP contribution in [0.1, 0.15) is 33.3 Å². The van der Waals surface area contributed by atoms with Gasteiger partial charge >= 0.3 is 0 Å². The Hall–Kier alpha value is -2.12. The van der Waals surface area contributed by atoms with Crippen LogP contribution < -0.4 is 0 Å². The molecule has 1 unspecified atom stereocenters. The van der Waals surface area contributed by atoms with Crippen LogP contribution in [0.25, 0.3) is 27.1 Å². The predicted octanol–water partition coefficient (Wildman–Crippen LogP) is 7.63. The molecule has 1 aliphatic rings. The Bertz CT molecular complexity index is 1040. The molecule has 0 bridgehead atoms. The van der Waals surface area contributed by atoms with Crippen molar-refractivity contribution in [1.82, 2.24) is 0 Å². The second kappa shape index (κ2) is 5.96. The molecule has 0 saturated heterocycles. The smallest absolute Gasteiger partial charge is 0.0590 e. The van der Waals surface area contributed by atoms with Crippen molar-refractivity contribution in [3.05, 3.63) is 76.9 Å². The predicted molar refractivity (Wildman–Crippen MR) is 118 cm³/mol. The molecule has 1 heteroatoms. The van der Waals surface area contributed by atoms with Crippen LogP contribution in [-0.4, -0.2) is 8.80 Å². The van der Waals surface area contributed by atoms with E-state index in [0.717, 1.165) is 0 Å². The number of rotatable bonds is 2. The third-order valence-electron chi connectivity index (χ3n) is 6.77. The maximum Gasteiger partial charge on any atom is 0.0590 e. The van der Waals surface area contributed by atoms with Gasteiger partial charge in [-0.05, 0) is 70.7 Å². The number of hydrogen-bond acceptors (Lipinski definition) is 0. The molecule has 26 heavy (non-hydrogen) atoms. The molecule has 0 amide bonds. The van der Waals surface area contributed by atoms with Crippen molar-refractivity contribution in [3.8, 4) is 0 Å². The molecule has 3 aromatic rings. The average molecular weight is 356 g/mol. The highest BCUT2D eigenvalue weighted by Gasteiger charge is 2.43. The number of hydrogen-bond donors (Lipinski definition) is 0. The summed E-state index contributed by atoms with van der Waals surface area (Å²) in [4.78, 5) is 0. The summed E-state index contributed by atoms with van der Waals surface area (Å²) < 4.78 is 0. The van der Waals surface area contributed by atoms with Crippen LogP contribution in [-0.2, 0) is 0 Å². The third-order valence-corrected chi connectivity index (χ3v) is 9.40. The van der Waals surface area contributed by atoms with E-state index < -0.39 is 8.80 Å². The zero-order valence-electron chi connectivity index (χ0n) is 16.7. The van der Waals surface area contributed by atoms with Crippen molar-refractivity contribution in [2.45, 2.75) is 45.8 Å². The summed E-state index contributed by atoms with van der Waals surface area (Å²) >= 11 is 0. The fraction of sp³-hybridized carbons (Fsp3) is 0.280. The first-order valence-corrected chi connectivity index (χ1v) is 12.0. The third kappa shape index (κ3) is 2.20. The van der Waals surface area contributed by atoms with Crippen LogP contribution in [0.4, 0.5) is 0 Å². The Kier molecular flexibility index (Phi) is 3.96. The van der Waals surface area contributed by atoms with Gasteiger partial charge in [0.2, 0.25) is 0 Å². The monoisotopic (exact) mass is 355 g/mol. The summed E-state index contributed by atoms with van der Waals surface area (Å²) in [7, 11) is -0.571. The minimum Gasteiger partial charge on any atom is -0.0702 e. The van der Waals surface area contributed by atoms with E-state index in [2.05, 4.69) is 95.4 Å². The summed E-state index contributed by atoms with van der Waals surface area (Å²) in [5.41, 5.74) is 7.57. The summed E-state index contributed by atoms with van der Waals surface area (Å²) in [5.74, 6) is 0. The van der Waals surface area contributed by atoms with Crippen molar-refractivity contribution in [3.63, 3.8) is 0 Å². The first kappa shape index (κ1) is 17.3. The van der Waals surface area contributed by atoms with Crippen LogP contribution in [0, 0.1) is 0 Å². The van der Waals surface area contributed by atoms with Crippen molar-refractivity contribution < 1.29 is 0 Å². The van der Waals surface area contributed by atoms with E-state index in [1.165, 1.54) is 38.3 Å². The van der Waals surface area contributed by atoms with E-state index in [4.69, 9.17) is 0 Å². The molecule has 0 aliphatic heterocycles. The molecular formula is C25H27Si. The van der Waals surface area contributed by atoms with E-state index in [0.29, 0.717) is 0 Å². The standard InChI is InChI=1S/C25H27Si/c1-16-17(2)24(25(4,18(16)3)26(5)6)23-21-13-9-7-11-19(21)15-20-12-8-10-14-22(20)23/h7-15H,1-6H3. The van der Waals surface area contributed by atoms with Gasteiger partial charge in [-0.1, -0.05) is 74.1 Å². The normalized spacial score (nSPS) is 20.9. The minimum atomic E-state index is -0.571. The van der Waals surface area contributed by atoms with Crippen molar-refractivity contribution in [2.24, 2.45) is 0 Å². The summed E-state index contributed by atoms with van der Waals surface area (Å²) in [6.45, 7) is 14.4. The van der Waals surface area contributed by atoms with Crippen LogP contribution in [0.5, 0.6) is 0 Å². The second-order valence-electron chi connectivity index (χ2n) is 8.07. The lowest BCUT2D eigenvalue weighted by atomic mass is 9.84. The fourth-order valence-corrected chi connectivity index (χ4v) is 6.50. The average Bonchev–Trinajstić information content (AvgIpc) is 2.81. The lowest BCUT2D eigenvalue weighted by molar-refractivity contribution is 0.894. The second-order valence-corrected chi connectivity index (χ2v) is 11.1. The molecule has 0 saturated carbocycles. The summed E-state index contributed by atoms with van der Waals surface area (Å²) in [6, 6.07) is 20.1. The van der Waals surface area contributed by atoms with E-state index in [9.17, 15) is 0 Å². The van der Waals surface area contributed by atoms with Gasteiger partial charge in [-0.3, -0.25) is 0 Å². The number of fused-ring (bicyclic) bond motifs is 2. The molecule has 1 atom stereocenters. The van der Waals surface area contributed by atoms with Gasteiger partial charge in [-0.15, -0.1) is 0 Å². The zero-order chi connectivity index (χ0) is 18.6. The number of benzene rings is 3. The molecule has 0 fully saturated rings. The summed E-state index contributed by atoms with van der Waals surface area (Å²) in [6.07, 6.45) is 0. The zero-order valence-corrected chi connectivity index (χ0v) is 17.7. The Morgan fingerprint density at radius 1 is 0.731 bits per heavy atom. The van der Waals surface area contributed by atoms with Crippen molar-refractivity contribution in [1.29, 1.82) is 0 Å². The first-order chi connectivity index (χ1) is 12.4. The molecule has 0 spiro atoms. The lowest BCUT2D eigenvalue weighted by Gasteiger charge is -2.35. The highest BCUT2D eigenvalue weighted by molar-refractivity contribution is 6.64. The minimum absolute atomic E-state index is 0.172. The van der Waals surface area contributed by atoms with Gasteiger partial charge in [0.05, 0.1) is 8.80 Å². The van der Waals surface area contributed by atoms with Crippen molar-refractivity contribution >= 4 is 35.9 Å². The van der Waals surface area contributed by atoms with Crippen molar-refractivity contribution in [2.75, 3.05) is 0 Å².